The Bertz CT molecular complexity index is 616. The molecule has 0 aliphatic carbocycles. The number of para-hydroxylation sites is 1. The molecule has 1 atom stereocenters. The Hall–Kier alpha value is -2.04. The molecule has 22 heavy (non-hydrogen) atoms. The van der Waals surface area contributed by atoms with Crippen molar-refractivity contribution in [2.24, 2.45) is 0 Å². The summed E-state index contributed by atoms with van der Waals surface area (Å²) < 4.78 is 0. The van der Waals surface area contributed by atoms with E-state index >= 15 is 0 Å². The van der Waals surface area contributed by atoms with E-state index in [1.54, 1.807) is 0 Å². The van der Waals surface area contributed by atoms with E-state index < -0.39 is 0 Å². The van der Waals surface area contributed by atoms with Crippen LogP contribution >= 0.6 is 11.6 Å². The molecule has 0 aliphatic rings. The van der Waals surface area contributed by atoms with Crippen molar-refractivity contribution in [2.75, 3.05) is 26.0 Å². The number of carbonyl (C=O) groups is 1. The average Bonchev–Trinajstić information content (AvgIpc) is 2.48. The lowest BCUT2D eigenvalue weighted by molar-refractivity contribution is 0.243. The van der Waals surface area contributed by atoms with Gasteiger partial charge >= 0.3 is 6.03 Å². The lowest BCUT2D eigenvalue weighted by Crippen LogP contribution is -2.36. The van der Waals surface area contributed by atoms with Crippen LogP contribution in [0.2, 0.25) is 5.02 Å². The molecule has 116 valence electrons. The summed E-state index contributed by atoms with van der Waals surface area (Å²) in [5, 5.41) is 6.39. The first-order valence-corrected chi connectivity index (χ1v) is 7.46. The number of nitrogens with one attached hydrogen (secondary N) is 2. The Balaban J connectivity index is 1.96. The fourth-order valence-electron chi connectivity index (χ4n) is 2.20. The fourth-order valence-corrected chi connectivity index (χ4v) is 2.40. The Morgan fingerprint density at radius 3 is 2.50 bits per heavy atom. The zero-order valence-electron chi connectivity index (χ0n) is 12.7. The van der Waals surface area contributed by atoms with Gasteiger partial charge in [0.25, 0.3) is 0 Å². The highest BCUT2D eigenvalue weighted by Gasteiger charge is 2.15. The van der Waals surface area contributed by atoms with Crippen molar-refractivity contribution in [3.8, 4) is 0 Å². The van der Waals surface area contributed by atoms with Gasteiger partial charge in [-0.2, -0.15) is 0 Å². The summed E-state index contributed by atoms with van der Waals surface area (Å²) >= 11 is 6.05. The van der Waals surface area contributed by atoms with Gasteiger partial charge in [-0.3, -0.25) is 0 Å². The number of hydrogen-bond acceptors (Lipinski definition) is 2. The maximum Gasteiger partial charge on any atom is 0.319 e. The number of hydrogen-bond donors (Lipinski definition) is 2. The zero-order valence-corrected chi connectivity index (χ0v) is 13.5. The minimum Gasteiger partial charge on any atom is -0.336 e. The predicted octanol–water partition coefficient (Wildman–Crippen LogP) is 3.76. The van der Waals surface area contributed by atoms with Crippen LogP contribution in [0.1, 0.15) is 11.6 Å². The van der Waals surface area contributed by atoms with Crippen molar-refractivity contribution in [2.45, 2.75) is 6.04 Å². The molecule has 2 amide bonds. The SMILES string of the molecule is CN(C)C(CNC(=O)Nc1ccccc1)c1cccc(Cl)c1. The molecule has 0 aromatic heterocycles. The van der Waals surface area contributed by atoms with E-state index in [-0.39, 0.29) is 12.1 Å². The standard InChI is InChI=1S/C17H20ClN3O/c1-21(2)16(13-7-6-8-14(18)11-13)12-19-17(22)20-15-9-4-3-5-10-15/h3-11,16H,12H2,1-2H3,(H2,19,20,22). The number of benzene rings is 2. The van der Waals surface area contributed by atoms with Crippen LogP contribution < -0.4 is 10.6 Å². The largest absolute Gasteiger partial charge is 0.336 e. The van der Waals surface area contributed by atoms with E-state index in [0.717, 1.165) is 11.3 Å². The average molecular weight is 318 g/mol. The van der Waals surface area contributed by atoms with Gasteiger partial charge in [0.1, 0.15) is 0 Å². The number of amides is 2. The van der Waals surface area contributed by atoms with Crippen LogP contribution in [-0.4, -0.2) is 31.6 Å². The Morgan fingerprint density at radius 2 is 1.86 bits per heavy atom. The predicted molar refractivity (Wildman–Crippen MR) is 91.3 cm³/mol. The van der Waals surface area contributed by atoms with Crippen LogP contribution in [0, 0.1) is 0 Å². The first-order chi connectivity index (χ1) is 10.6. The summed E-state index contributed by atoms with van der Waals surface area (Å²) in [6, 6.07) is 16.9. The van der Waals surface area contributed by atoms with Crippen molar-refractivity contribution < 1.29 is 4.79 Å². The normalized spacial score (nSPS) is 12.0. The lowest BCUT2D eigenvalue weighted by atomic mass is 10.1. The second-order valence-electron chi connectivity index (χ2n) is 5.24. The molecule has 2 aromatic carbocycles. The van der Waals surface area contributed by atoms with Gasteiger partial charge in [-0.15, -0.1) is 0 Å². The maximum absolute atomic E-state index is 12.0. The highest BCUT2D eigenvalue weighted by molar-refractivity contribution is 6.30. The molecule has 0 fully saturated rings. The molecule has 1 unspecified atom stereocenters. The van der Waals surface area contributed by atoms with Gasteiger partial charge < -0.3 is 15.5 Å². The van der Waals surface area contributed by atoms with E-state index in [0.29, 0.717) is 11.6 Å². The van der Waals surface area contributed by atoms with E-state index in [9.17, 15) is 4.79 Å². The van der Waals surface area contributed by atoms with Gasteiger partial charge in [0.2, 0.25) is 0 Å². The highest BCUT2D eigenvalue weighted by Crippen LogP contribution is 2.21. The van der Waals surface area contributed by atoms with E-state index in [4.69, 9.17) is 11.6 Å². The second-order valence-corrected chi connectivity index (χ2v) is 5.67. The van der Waals surface area contributed by atoms with Crippen molar-refractivity contribution in [1.29, 1.82) is 0 Å². The molecule has 2 aromatic rings. The summed E-state index contributed by atoms with van der Waals surface area (Å²) in [6.45, 7) is 0.492. The van der Waals surface area contributed by atoms with Crippen LogP contribution in [0.5, 0.6) is 0 Å². The topological polar surface area (TPSA) is 44.4 Å². The third-order valence-electron chi connectivity index (χ3n) is 3.34. The Kier molecular flexibility index (Phi) is 5.81. The molecule has 0 saturated carbocycles. The lowest BCUT2D eigenvalue weighted by Gasteiger charge is -2.25. The van der Waals surface area contributed by atoms with Crippen molar-refractivity contribution >= 4 is 23.3 Å². The van der Waals surface area contributed by atoms with Gasteiger partial charge in [-0.25, -0.2) is 4.79 Å². The van der Waals surface area contributed by atoms with Gasteiger partial charge in [-0.1, -0.05) is 41.9 Å². The van der Waals surface area contributed by atoms with Crippen molar-refractivity contribution in [1.82, 2.24) is 10.2 Å². The van der Waals surface area contributed by atoms with Crippen LogP contribution in [0.3, 0.4) is 0 Å². The highest BCUT2D eigenvalue weighted by atomic mass is 35.5. The van der Waals surface area contributed by atoms with Crippen LogP contribution in [0.4, 0.5) is 10.5 Å². The van der Waals surface area contributed by atoms with Gasteiger partial charge in [-0.05, 0) is 43.9 Å². The van der Waals surface area contributed by atoms with E-state index in [2.05, 4.69) is 15.5 Å². The molecule has 0 heterocycles. The quantitative estimate of drug-likeness (QED) is 0.881. The monoisotopic (exact) mass is 317 g/mol. The summed E-state index contributed by atoms with van der Waals surface area (Å²) in [6.07, 6.45) is 0. The Morgan fingerprint density at radius 1 is 1.14 bits per heavy atom. The number of likely N-dealkylation sites (N-methyl/N-ethyl adjacent to an activating group) is 1. The molecule has 0 spiro atoms. The third kappa shape index (κ3) is 4.76. The second kappa shape index (κ2) is 7.82. The molecule has 2 rings (SSSR count). The van der Waals surface area contributed by atoms with Crippen molar-refractivity contribution in [3.63, 3.8) is 0 Å². The molecule has 4 nitrogen and oxygen atoms in total. The summed E-state index contributed by atoms with van der Waals surface area (Å²) in [7, 11) is 3.95. The van der Waals surface area contributed by atoms with Gasteiger partial charge in [0, 0.05) is 17.3 Å². The first kappa shape index (κ1) is 16.3. The molecule has 0 aliphatic heterocycles. The van der Waals surface area contributed by atoms with E-state index in [1.807, 2.05) is 68.7 Å². The first-order valence-electron chi connectivity index (χ1n) is 7.08. The number of anilines is 1. The molecular formula is C17H20ClN3O. The number of nitrogens with zero attached hydrogens (tertiary/aromatic N) is 1. The number of halogens is 1. The van der Waals surface area contributed by atoms with Crippen LogP contribution in [0.25, 0.3) is 0 Å². The Labute approximate surface area is 136 Å². The molecular weight excluding hydrogens is 298 g/mol. The molecule has 2 N–H and O–H groups in total. The minimum absolute atomic E-state index is 0.0558. The third-order valence-corrected chi connectivity index (χ3v) is 3.58. The fraction of sp³-hybridized carbons (Fsp3) is 0.235. The summed E-state index contributed by atoms with van der Waals surface area (Å²) in [5.74, 6) is 0. The number of carbonyl (C=O) groups excluding carboxylic acids is 1. The van der Waals surface area contributed by atoms with E-state index in [1.165, 1.54) is 0 Å². The number of rotatable bonds is 5. The number of urea groups is 1. The smallest absolute Gasteiger partial charge is 0.319 e. The zero-order chi connectivity index (χ0) is 15.9. The molecule has 0 bridgehead atoms. The summed E-state index contributed by atoms with van der Waals surface area (Å²) in [4.78, 5) is 14.0. The van der Waals surface area contributed by atoms with Gasteiger partial charge in [0.05, 0.1) is 6.04 Å². The van der Waals surface area contributed by atoms with Gasteiger partial charge in [0.15, 0.2) is 0 Å². The maximum atomic E-state index is 12.0. The van der Waals surface area contributed by atoms with Crippen LogP contribution in [-0.2, 0) is 0 Å². The van der Waals surface area contributed by atoms with Crippen LogP contribution in [0.15, 0.2) is 54.6 Å². The molecule has 5 heteroatoms. The molecule has 0 saturated heterocycles. The van der Waals surface area contributed by atoms with Crippen molar-refractivity contribution in [3.05, 3.63) is 65.2 Å². The minimum atomic E-state index is -0.222. The molecule has 0 radical (unpaired) electrons. The summed E-state index contributed by atoms with van der Waals surface area (Å²) in [5.41, 5.74) is 1.83.